The summed E-state index contributed by atoms with van der Waals surface area (Å²) in [6, 6.07) is 0. The Morgan fingerprint density at radius 2 is 2.25 bits per heavy atom. The molecule has 0 bridgehead atoms. The van der Waals surface area contributed by atoms with Crippen LogP contribution in [0.25, 0.3) is 0 Å². The number of amides is 1. The van der Waals surface area contributed by atoms with Crippen LogP contribution in [-0.2, 0) is 14.3 Å². The second-order valence-corrected chi connectivity index (χ2v) is 5.10. The van der Waals surface area contributed by atoms with E-state index in [1.165, 1.54) is 11.8 Å². The minimum atomic E-state index is -0.901. The van der Waals surface area contributed by atoms with Gasteiger partial charge in [0.2, 0.25) is 5.91 Å². The highest BCUT2D eigenvalue weighted by Crippen LogP contribution is 2.52. The smallest absolute Gasteiger partial charge is 0.323 e. The summed E-state index contributed by atoms with van der Waals surface area (Å²) < 4.78 is 5.08. The Morgan fingerprint density at radius 3 is 2.88 bits per heavy atom. The fraction of sp³-hybridized carbons (Fsp3) is 0.545. The molecule has 86 valence electrons. The number of carbonyl (C=O) groups excluding carboxylic acids is 2. The van der Waals surface area contributed by atoms with Gasteiger partial charge in [-0.2, -0.15) is 0 Å². The van der Waals surface area contributed by atoms with Gasteiger partial charge in [-0.05, 0) is 31.2 Å². The number of carbonyl (C=O) groups is 2. The van der Waals surface area contributed by atoms with E-state index in [4.69, 9.17) is 4.74 Å². The highest BCUT2D eigenvalue weighted by atomic mass is 32.2. The summed E-state index contributed by atoms with van der Waals surface area (Å²) in [6.45, 7) is 5.89. The summed E-state index contributed by atoms with van der Waals surface area (Å²) in [5.41, 5.74) is 0.00234. The lowest BCUT2D eigenvalue weighted by molar-refractivity contribution is -0.150. The molecule has 0 aliphatic carbocycles. The molecule has 1 unspecified atom stereocenters. The summed E-state index contributed by atoms with van der Waals surface area (Å²) in [5, 5.41) is 0.589. The number of thioether (sulfide) groups is 1. The zero-order valence-electron chi connectivity index (χ0n) is 9.49. The molecule has 5 heteroatoms. The molecule has 0 aromatic rings. The quantitative estimate of drug-likeness (QED) is 0.691. The van der Waals surface area contributed by atoms with Crippen molar-refractivity contribution in [1.29, 1.82) is 0 Å². The van der Waals surface area contributed by atoms with Crippen molar-refractivity contribution < 1.29 is 14.3 Å². The van der Waals surface area contributed by atoms with Gasteiger partial charge in [0.1, 0.15) is 10.5 Å². The van der Waals surface area contributed by atoms with E-state index in [9.17, 15) is 9.59 Å². The predicted molar refractivity (Wildman–Crippen MR) is 62.1 cm³/mol. The Hall–Kier alpha value is -1.10. The molecule has 2 heterocycles. The maximum atomic E-state index is 12.0. The summed E-state index contributed by atoms with van der Waals surface area (Å²) in [7, 11) is 0. The number of ether oxygens (including phenoxy) is 1. The van der Waals surface area contributed by atoms with Gasteiger partial charge in [0.15, 0.2) is 0 Å². The summed E-state index contributed by atoms with van der Waals surface area (Å²) in [4.78, 5) is 28.4. The lowest BCUT2D eigenvalue weighted by Crippen LogP contribution is -2.36. The van der Waals surface area contributed by atoms with E-state index in [-0.39, 0.29) is 18.3 Å². The van der Waals surface area contributed by atoms with Gasteiger partial charge in [0.25, 0.3) is 0 Å². The zero-order chi connectivity index (χ0) is 11.9. The molecule has 0 spiro atoms. The van der Waals surface area contributed by atoms with Crippen molar-refractivity contribution in [1.82, 2.24) is 0 Å². The third kappa shape index (κ3) is 1.34. The van der Waals surface area contributed by atoms with Gasteiger partial charge in [-0.3, -0.25) is 9.59 Å². The Balaban J connectivity index is 2.46. The van der Waals surface area contributed by atoms with Crippen molar-refractivity contribution in [3.05, 3.63) is 10.5 Å². The van der Waals surface area contributed by atoms with E-state index in [0.29, 0.717) is 11.7 Å². The topological polar surface area (TPSA) is 55.7 Å². The van der Waals surface area contributed by atoms with Crippen LogP contribution in [0.2, 0.25) is 0 Å². The molecule has 2 aliphatic heterocycles. The van der Waals surface area contributed by atoms with Crippen molar-refractivity contribution in [2.45, 2.75) is 27.2 Å². The van der Waals surface area contributed by atoms with Gasteiger partial charge in [0, 0.05) is 0 Å². The van der Waals surface area contributed by atoms with Crippen LogP contribution in [0.1, 0.15) is 27.2 Å². The lowest BCUT2D eigenvalue weighted by atomic mass is 9.80. The van der Waals surface area contributed by atoms with Crippen LogP contribution in [-0.4, -0.2) is 23.5 Å². The van der Waals surface area contributed by atoms with Crippen molar-refractivity contribution in [2.24, 2.45) is 10.4 Å². The molecule has 2 rings (SSSR count). The molecule has 0 N–H and O–H groups in total. The standard InChI is InChI=1S/C11H13NO3S/c1-4-15-10(14)11-5-8(13)12-9(11)16-7(3)6(11)2/h4-5H2,1-3H3. The average molecular weight is 239 g/mol. The molecule has 0 aromatic carbocycles. The SMILES string of the molecule is CCOC(=O)C12CC(=O)N=C1SC(C)=C2C. The second kappa shape index (κ2) is 3.73. The van der Waals surface area contributed by atoms with Crippen LogP contribution in [0.5, 0.6) is 0 Å². The summed E-state index contributed by atoms with van der Waals surface area (Å²) >= 11 is 1.41. The molecule has 0 fully saturated rings. The second-order valence-electron chi connectivity index (χ2n) is 3.90. The molecule has 2 aliphatic rings. The highest BCUT2D eigenvalue weighted by molar-refractivity contribution is 8.17. The zero-order valence-corrected chi connectivity index (χ0v) is 10.3. The Labute approximate surface area is 98.1 Å². The Kier molecular flexibility index (Phi) is 2.66. The highest BCUT2D eigenvalue weighted by Gasteiger charge is 2.56. The van der Waals surface area contributed by atoms with E-state index in [1.807, 2.05) is 13.8 Å². The van der Waals surface area contributed by atoms with Gasteiger partial charge in [-0.15, -0.1) is 0 Å². The number of fused-ring (bicyclic) bond motifs is 1. The third-order valence-electron chi connectivity index (χ3n) is 3.05. The number of allylic oxidation sites excluding steroid dienone is 1. The molecule has 1 amide bonds. The number of nitrogens with zero attached hydrogens (tertiary/aromatic N) is 1. The maximum absolute atomic E-state index is 12.0. The Morgan fingerprint density at radius 1 is 1.56 bits per heavy atom. The number of rotatable bonds is 2. The van der Waals surface area contributed by atoms with Crippen LogP contribution >= 0.6 is 11.8 Å². The largest absolute Gasteiger partial charge is 0.465 e. The van der Waals surface area contributed by atoms with Crippen LogP contribution < -0.4 is 0 Å². The van der Waals surface area contributed by atoms with Gasteiger partial charge in [-0.1, -0.05) is 11.8 Å². The minimum Gasteiger partial charge on any atom is -0.465 e. The first-order chi connectivity index (χ1) is 7.52. The van der Waals surface area contributed by atoms with E-state index in [1.54, 1.807) is 6.92 Å². The average Bonchev–Trinajstić information content (AvgIpc) is 2.65. The van der Waals surface area contributed by atoms with Crippen molar-refractivity contribution in [2.75, 3.05) is 6.61 Å². The maximum Gasteiger partial charge on any atom is 0.323 e. The molecule has 4 nitrogen and oxygen atoms in total. The number of aliphatic imine (C=N–C) groups is 1. The first-order valence-corrected chi connectivity index (χ1v) is 5.99. The first-order valence-electron chi connectivity index (χ1n) is 5.17. The molecule has 0 saturated carbocycles. The van der Waals surface area contributed by atoms with Crippen molar-refractivity contribution in [3.8, 4) is 0 Å². The van der Waals surface area contributed by atoms with Crippen LogP contribution in [0.15, 0.2) is 15.5 Å². The number of esters is 1. The van der Waals surface area contributed by atoms with Gasteiger partial charge in [-0.25, -0.2) is 4.99 Å². The van der Waals surface area contributed by atoms with Gasteiger partial charge >= 0.3 is 5.97 Å². The number of hydrogen-bond acceptors (Lipinski definition) is 4. The molecule has 16 heavy (non-hydrogen) atoms. The lowest BCUT2D eigenvalue weighted by Gasteiger charge is -2.23. The molecule has 1 atom stereocenters. The van der Waals surface area contributed by atoms with E-state index < -0.39 is 5.41 Å². The number of hydrogen-bond donors (Lipinski definition) is 0. The Bertz CT molecular complexity index is 439. The molecular weight excluding hydrogens is 226 g/mol. The summed E-state index contributed by atoms with van der Waals surface area (Å²) in [5.74, 6) is -0.580. The third-order valence-corrected chi connectivity index (χ3v) is 4.30. The normalized spacial score (nSPS) is 28.2. The van der Waals surface area contributed by atoms with E-state index in [0.717, 1.165) is 10.5 Å². The van der Waals surface area contributed by atoms with Crippen LogP contribution in [0.4, 0.5) is 0 Å². The predicted octanol–water partition coefficient (Wildman–Crippen LogP) is 1.91. The van der Waals surface area contributed by atoms with Gasteiger partial charge in [0.05, 0.1) is 13.0 Å². The molecular formula is C11H13NO3S. The summed E-state index contributed by atoms with van der Waals surface area (Å²) in [6.07, 6.45) is 0.122. The molecule has 0 saturated heterocycles. The van der Waals surface area contributed by atoms with Crippen LogP contribution in [0, 0.1) is 5.41 Å². The van der Waals surface area contributed by atoms with Crippen LogP contribution in [0.3, 0.4) is 0 Å². The fourth-order valence-electron chi connectivity index (χ4n) is 2.04. The minimum absolute atomic E-state index is 0.122. The van der Waals surface area contributed by atoms with E-state index >= 15 is 0 Å². The van der Waals surface area contributed by atoms with E-state index in [2.05, 4.69) is 4.99 Å². The molecule has 0 aromatic heterocycles. The molecule has 0 radical (unpaired) electrons. The monoisotopic (exact) mass is 239 g/mol. The fourth-order valence-corrected chi connectivity index (χ4v) is 3.29. The van der Waals surface area contributed by atoms with Gasteiger partial charge < -0.3 is 4.74 Å². The van der Waals surface area contributed by atoms with Crippen molar-refractivity contribution in [3.63, 3.8) is 0 Å². The first kappa shape index (κ1) is 11.4. The van der Waals surface area contributed by atoms with Crippen molar-refractivity contribution >= 4 is 28.7 Å².